The molecule has 1 fully saturated rings. The van der Waals surface area contributed by atoms with E-state index in [0.717, 1.165) is 18.4 Å². The van der Waals surface area contributed by atoms with E-state index in [2.05, 4.69) is 6.92 Å². The van der Waals surface area contributed by atoms with Crippen LogP contribution in [0.4, 0.5) is 0 Å². The van der Waals surface area contributed by atoms with Crippen molar-refractivity contribution in [1.29, 1.82) is 0 Å². The summed E-state index contributed by atoms with van der Waals surface area (Å²) in [5, 5.41) is 19.7. The highest BCUT2D eigenvalue weighted by atomic mass is 79.9. The van der Waals surface area contributed by atoms with E-state index in [-0.39, 0.29) is 34.0 Å². The molecule has 0 amide bonds. The Morgan fingerprint density at radius 2 is 2.00 bits per heavy atom. The summed E-state index contributed by atoms with van der Waals surface area (Å²) in [6, 6.07) is 4.41. The van der Waals surface area contributed by atoms with Gasteiger partial charge in [0.1, 0.15) is 0 Å². The van der Waals surface area contributed by atoms with E-state index in [9.17, 15) is 10.2 Å². The first-order valence-corrected chi connectivity index (χ1v) is 7.60. The normalized spacial score (nSPS) is 26.8. The van der Waals surface area contributed by atoms with Gasteiger partial charge in [-0.15, -0.1) is 0 Å². The average Bonchev–Trinajstić information content (AvgIpc) is 2.43. The van der Waals surface area contributed by atoms with Gasteiger partial charge >= 0.3 is 0 Å². The standard InChI is InChI=1S/C16H23NO2.BrH.H2O/c1-2-9-17-10-3-4-12-11-6-8-15(18)16(19)13(11)5-7-14(12)17;;/h6,8,12,14,18-19H,2-5,7,9-10H2,1H3;1H;1H2/t12-,14-;;/m0../s1. The molecule has 5 heteroatoms. The molecule has 0 bridgehead atoms. The molecule has 1 unspecified atom stereocenters. The van der Waals surface area contributed by atoms with Crippen molar-refractivity contribution in [2.75, 3.05) is 13.1 Å². The Labute approximate surface area is 136 Å². The molecule has 120 valence electrons. The van der Waals surface area contributed by atoms with Crippen LogP contribution in [0.2, 0.25) is 0 Å². The second kappa shape index (κ2) is 7.47. The Hall–Kier alpha value is -0.780. The molecule has 21 heavy (non-hydrogen) atoms. The molecule has 1 aromatic carbocycles. The van der Waals surface area contributed by atoms with Crippen LogP contribution < -0.4 is 21.9 Å². The maximum Gasteiger partial charge on any atom is 0.160 e. The predicted molar refractivity (Wildman–Crippen MR) is 78.5 cm³/mol. The van der Waals surface area contributed by atoms with Gasteiger partial charge in [-0.05, 0) is 37.3 Å². The van der Waals surface area contributed by atoms with Crippen molar-refractivity contribution in [3.8, 4) is 11.5 Å². The summed E-state index contributed by atoms with van der Waals surface area (Å²) in [4.78, 5) is 1.75. The van der Waals surface area contributed by atoms with Crippen molar-refractivity contribution in [1.82, 2.24) is 0 Å². The number of phenols is 2. The molecule has 2 aliphatic rings. The molecule has 3 rings (SSSR count). The second-order valence-corrected chi connectivity index (χ2v) is 6.05. The maximum absolute atomic E-state index is 10.0. The van der Waals surface area contributed by atoms with Crippen molar-refractivity contribution in [3.63, 3.8) is 0 Å². The fraction of sp³-hybridized carbons (Fsp3) is 0.625. The molecule has 0 radical (unpaired) electrons. The summed E-state index contributed by atoms with van der Waals surface area (Å²) in [5.41, 5.74) is 2.29. The molecule has 1 aromatic rings. The summed E-state index contributed by atoms with van der Waals surface area (Å²) in [6.45, 7) is 4.83. The lowest BCUT2D eigenvalue weighted by molar-refractivity contribution is -0.933. The fourth-order valence-electron chi connectivity index (χ4n) is 4.18. The summed E-state index contributed by atoms with van der Waals surface area (Å²) < 4.78 is 0. The molecule has 0 saturated carbocycles. The minimum absolute atomic E-state index is 0. The van der Waals surface area contributed by atoms with Crippen LogP contribution in [0.5, 0.6) is 11.5 Å². The van der Waals surface area contributed by atoms with E-state index in [1.54, 1.807) is 11.0 Å². The number of nitrogens with one attached hydrogen (secondary N) is 1. The zero-order chi connectivity index (χ0) is 13.4. The topological polar surface area (TPSA) is 76.4 Å². The first kappa shape index (κ1) is 18.3. The number of benzene rings is 1. The van der Waals surface area contributed by atoms with Crippen LogP contribution in [0.25, 0.3) is 0 Å². The van der Waals surface area contributed by atoms with Gasteiger partial charge in [0.25, 0.3) is 0 Å². The van der Waals surface area contributed by atoms with Gasteiger partial charge in [-0.3, -0.25) is 0 Å². The Bertz CT molecular complexity index is 479. The summed E-state index contributed by atoms with van der Waals surface area (Å²) in [6.07, 6.45) is 5.80. The van der Waals surface area contributed by atoms with Gasteiger partial charge in [-0.1, -0.05) is 13.0 Å². The molecule has 1 saturated heterocycles. The lowest BCUT2D eigenvalue weighted by Crippen LogP contribution is -3.17. The Kier molecular flexibility index (Phi) is 6.50. The van der Waals surface area contributed by atoms with Crippen LogP contribution in [0.1, 0.15) is 49.7 Å². The first-order valence-electron chi connectivity index (χ1n) is 7.60. The minimum atomic E-state index is 0. The van der Waals surface area contributed by atoms with Gasteiger partial charge in [0.15, 0.2) is 11.5 Å². The quantitative estimate of drug-likeness (QED) is 0.522. The van der Waals surface area contributed by atoms with Gasteiger partial charge < -0.3 is 37.6 Å². The largest absolute Gasteiger partial charge is 1.00 e. The third-order valence-electron chi connectivity index (χ3n) is 5.00. The first-order chi connectivity index (χ1) is 9.22. The Morgan fingerprint density at radius 1 is 1.24 bits per heavy atom. The molecule has 0 aromatic heterocycles. The van der Waals surface area contributed by atoms with Crippen molar-refractivity contribution in [3.05, 3.63) is 23.3 Å². The van der Waals surface area contributed by atoms with Crippen molar-refractivity contribution >= 4 is 0 Å². The van der Waals surface area contributed by atoms with E-state index in [0.29, 0.717) is 12.0 Å². The van der Waals surface area contributed by atoms with E-state index in [1.807, 2.05) is 6.07 Å². The summed E-state index contributed by atoms with van der Waals surface area (Å²) in [5.74, 6) is 0.731. The van der Waals surface area contributed by atoms with Crippen LogP contribution in [0.15, 0.2) is 12.1 Å². The van der Waals surface area contributed by atoms with E-state index in [1.165, 1.54) is 37.9 Å². The second-order valence-electron chi connectivity index (χ2n) is 6.05. The molecular weight excluding hydrogens is 334 g/mol. The van der Waals surface area contributed by atoms with Crippen LogP contribution in [0.3, 0.4) is 0 Å². The van der Waals surface area contributed by atoms with Gasteiger partial charge in [-0.2, -0.15) is 0 Å². The number of hydrogen-bond donors (Lipinski definition) is 3. The number of likely N-dealkylation sites (tertiary alicyclic amines) is 1. The molecule has 1 heterocycles. The van der Waals surface area contributed by atoms with Gasteiger partial charge in [-0.25, -0.2) is 0 Å². The highest BCUT2D eigenvalue weighted by Gasteiger charge is 2.40. The summed E-state index contributed by atoms with van der Waals surface area (Å²) >= 11 is 0. The van der Waals surface area contributed by atoms with Crippen LogP contribution in [-0.2, 0) is 6.42 Å². The average molecular weight is 360 g/mol. The number of quaternary nitrogens is 1. The zero-order valence-electron chi connectivity index (χ0n) is 12.5. The Balaban J connectivity index is 0.00000110. The maximum atomic E-state index is 10.0. The van der Waals surface area contributed by atoms with Crippen LogP contribution >= 0.6 is 0 Å². The molecule has 4 nitrogen and oxygen atoms in total. The number of fused-ring (bicyclic) bond motifs is 3. The molecular formula is C16H26BrNO3. The lowest BCUT2D eigenvalue weighted by atomic mass is 9.74. The lowest BCUT2D eigenvalue weighted by Gasteiger charge is -2.42. The van der Waals surface area contributed by atoms with E-state index < -0.39 is 0 Å². The van der Waals surface area contributed by atoms with Crippen molar-refractivity contribution in [2.45, 2.75) is 51.0 Å². The molecule has 0 spiro atoms. The van der Waals surface area contributed by atoms with E-state index >= 15 is 0 Å². The van der Waals surface area contributed by atoms with Gasteiger partial charge in [0.05, 0.1) is 19.1 Å². The highest BCUT2D eigenvalue weighted by Crippen LogP contribution is 2.42. The monoisotopic (exact) mass is 359 g/mol. The smallest absolute Gasteiger partial charge is 0.160 e. The predicted octanol–water partition coefficient (Wildman–Crippen LogP) is -2.24. The van der Waals surface area contributed by atoms with Crippen molar-refractivity contribution in [2.24, 2.45) is 0 Å². The number of halogens is 1. The van der Waals surface area contributed by atoms with Crippen LogP contribution in [-0.4, -0.2) is 34.8 Å². The fourth-order valence-corrected chi connectivity index (χ4v) is 4.18. The number of hydrogen-bond acceptors (Lipinski definition) is 2. The zero-order valence-corrected chi connectivity index (χ0v) is 14.1. The SMILES string of the molecule is CCC[NH+]1CCC[C@H]2c3ccc(O)c(O)c3CC[C@@H]21.O.[Br-]. The molecule has 3 atom stereocenters. The van der Waals surface area contributed by atoms with Gasteiger partial charge in [0.2, 0.25) is 0 Å². The van der Waals surface area contributed by atoms with Gasteiger partial charge in [0, 0.05) is 17.9 Å². The highest BCUT2D eigenvalue weighted by molar-refractivity contribution is 5.51. The molecule has 1 aliphatic carbocycles. The summed E-state index contributed by atoms with van der Waals surface area (Å²) in [7, 11) is 0. The minimum Gasteiger partial charge on any atom is -1.00 e. The third kappa shape index (κ3) is 3.20. The number of rotatable bonds is 2. The third-order valence-corrected chi connectivity index (χ3v) is 5.00. The number of phenolic OH excluding ortho intramolecular Hbond substituents is 2. The number of piperidine rings is 1. The molecule has 5 N–H and O–H groups in total. The number of aromatic hydroxyl groups is 2. The molecule has 1 aliphatic heterocycles. The Morgan fingerprint density at radius 3 is 2.71 bits per heavy atom. The van der Waals surface area contributed by atoms with Crippen LogP contribution in [0, 0.1) is 0 Å². The van der Waals surface area contributed by atoms with E-state index in [4.69, 9.17) is 0 Å². The van der Waals surface area contributed by atoms with Crippen molar-refractivity contribution < 1.29 is 37.6 Å².